The minimum Gasteiger partial charge on any atom is -1.00 e. The second-order valence-electron chi connectivity index (χ2n) is 3.61. The minimum absolute atomic E-state index is 0. The van der Waals surface area contributed by atoms with E-state index in [0.29, 0.717) is 0 Å². The summed E-state index contributed by atoms with van der Waals surface area (Å²) >= 11 is 0. The van der Waals surface area contributed by atoms with Crippen LogP contribution >= 0.6 is 0 Å². The van der Waals surface area contributed by atoms with Gasteiger partial charge < -0.3 is 9.79 Å². The van der Waals surface area contributed by atoms with Gasteiger partial charge in [0, 0.05) is 0 Å². The van der Waals surface area contributed by atoms with Gasteiger partial charge in [-0.05, 0) is 24.3 Å². The van der Waals surface area contributed by atoms with Gasteiger partial charge in [-0.2, -0.15) is 16.8 Å². The molecule has 0 saturated heterocycles. The van der Waals surface area contributed by atoms with E-state index in [0.717, 1.165) is 0 Å². The third-order valence-corrected chi connectivity index (χ3v) is 5.33. The molecule has 108 valence electrons. The molecule has 0 saturated carbocycles. The summed E-state index contributed by atoms with van der Waals surface area (Å²) in [5, 5.41) is 0. The maximum Gasteiger partial charge on any atom is 1.00 e. The Labute approximate surface area is 166 Å². The molecule has 0 unspecified atom stereocenters. The SMILES string of the molecule is O=S(=O)(Oc1ccccc1)S(=O)(=O)Oc1ccccc1.[H-].[K+]. The quantitative estimate of drug-likeness (QED) is 0.497. The second-order valence-corrected chi connectivity index (χ2v) is 8.03. The third-order valence-electron chi connectivity index (χ3n) is 2.13. The molecule has 2 aromatic rings. The first-order valence-electron chi connectivity index (χ1n) is 5.40. The van der Waals surface area contributed by atoms with Crippen LogP contribution in [0.2, 0.25) is 0 Å². The zero-order valence-electron chi connectivity index (χ0n) is 12.0. The van der Waals surface area contributed by atoms with Crippen molar-refractivity contribution >= 4 is 18.3 Å². The van der Waals surface area contributed by atoms with Crippen LogP contribution in [-0.2, 0) is 18.3 Å². The van der Waals surface area contributed by atoms with E-state index in [1.807, 2.05) is 0 Å². The molecule has 0 radical (unpaired) electrons. The molecule has 0 aliphatic rings. The van der Waals surface area contributed by atoms with Gasteiger partial charge in [0.05, 0.1) is 0 Å². The molecule has 21 heavy (non-hydrogen) atoms. The largest absolute Gasteiger partial charge is 1.00 e. The van der Waals surface area contributed by atoms with Crippen LogP contribution < -0.4 is 59.8 Å². The average molecular weight is 354 g/mol. The van der Waals surface area contributed by atoms with Gasteiger partial charge in [-0.1, -0.05) is 36.4 Å². The Kier molecular flexibility index (Phi) is 6.85. The van der Waals surface area contributed by atoms with Crippen molar-refractivity contribution in [2.75, 3.05) is 0 Å². The fourth-order valence-electron chi connectivity index (χ4n) is 1.27. The molecule has 0 atom stereocenters. The maximum atomic E-state index is 11.7. The van der Waals surface area contributed by atoms with Crippen molar-refractivity contribution in [1.29, 1.82) is 0 Å². The van der Waals surface area contributed by atoms with Gasteiger partial charge in [-0.15, -0.1) is 0 Å². The van der Waals surface area contributed by atoms with Gasteiger partial charge >= 0.3 is 69.7 Å². The second kappa shape index (κ2) is 7.72. The first kappa shape index (κ1) is 18.6. The van der Waals surface area contributed by atoms with Crippen molar-refractivity contribution in [1.82, 2.24) is 0 Å². The Morgan fingerprint density at radius 2 is 0.905 bits per heavy atom. The molecule has 0 amide bonds. The van der Waals surface area contributed by atoms with Crippen LogP contribution in [0.1, 0.15) is 1.43 Å². The fraction of sp³-hybridized carbons (Fsp3) is 0. The Morgan fingerprint density at radius 1 is 0.619 bits per heavy atom. The van der Waals surface area contributed by atoms with Crippen molar-refractivity contribution in [2.45, 2.75) is 0 Å². The number of benzene rings is 2. The molecular formula is C12H11KO6S2. The summed E-state index contributed by atoms with van der Waals surface area (Å²) in [6.45, 7) is 0. The summed E-state index contributed by atoms with van der Waals surface area (Å²) in [5.74, 6) is -0.236. The van der Waals surface area contributed by atoms with Crippen LogP contribution in [0.15, 0.2) is 60.7 Å². The number of para-hydroxylation sites is 2. The zero-order valence-corrected chi connectivity index (χ0v) is 15.8. The normalized spacial score (nSPS) is 11.2. The molecule has 0 aliphatic carbocycles. The Morgan fingerprint density at radius 3 is 1.19 bits per heavy atom. The van der Waals surface area contributed by atoms with E-state index in [-0.39, 0.29) is 64.3 Å². The van der Waals surface area contributed by atoms with E-state index >= 15 is 0 Å². The van der Waals surface area contributed by atoms with Crippen LogP contribution in [0.5, 0.6) is 11.5 Å². The van der Waals surface area contributed by atoms with Crippen molar-refractivity contribution in [3.05, 3.63) is 60.7 Å². The maximum absolute atomic E-state index is 11.7. The number of rotatable bonds is 5. The van der Waals surface area contributed by atoms with Crippen molar-refractivity contribution < 1.29 is 78.0 Å². The van der Waals surface area contributed by atoms with E-state index in [9.17, 15) is 16.8 Å². The van der Waals surface area contributed by atoms with Gasteiger partial charge in [-0.3, -0.25) is 0 Å². The molecule has 0 N–H and O–H groups in total. The number of hydrogen-bond acceptors (Lipinski definition) is 6. The Balaban J connectivity index is 0.00000220. The van der Waals surface area contributed by atoms with E-state index in [2.05, 4.69) is 8.37 Å². The van der Waals surface area contributed by atoms with Crippen LogP contribution in [0.3, 0.4) is 0 Å². The van der Waals surface area contributed by atoms with Crippen molar-refractivity contribution in [3.63, 3.8) is 0 Å². The van der Waals surface area contributed by atoms with Crippen molar-refractivity contribution in [2.24, 2.45) is 0 Å². The summed E-state index contributed by atoms with van der Waals surface area (Å²) < 4.78 is 55.8. The molecule has 0 aliphatic heterocycles. The summed E-state index contributed by atoms with van der Waals surface area (Å²) in [6, 6.07) is 14.6. The summed E-state index contributed by atoms with van der Waals surface area (Å²) in [6.07, 6.45) is 0. The molecule has 0 bridgehead atoms. The first-order valence-corrected chi connectivity index (χ1v) is 8.73. The van der Waals surface area contributed by atoms with E-state index in [4.69, 9.17) is 0 Å². The molecular weight excluding hydrogens is 343 g/mol. The standard InChI is InChI=1S/C12H10O6S2.K.H/c13-19(14,17-11-7-3-1-4-8-11)20(15,16)18-12-9-5-2-6-10-12;;/h1-10H;;/q;+1;-1. The predicted molar refractivity (Wildman–Crippen MR) is 73.1 cm³/mol. The molecule has 0 heterocycles. The zero-order chi connectivity index (χ0) is 14.6. The van der Waals surface area contributed by atoms with Crippen molar-refractivity contribution in [3.8, 4) is 11.5 Å². The summed E-state index contributed by atoms with van der Waals surface area (Å²) in [5.41, 5.74) is 0. The molecule has 2 rings (SSSR count). The first-order chi connectivity index (χ1) is 9.41. The van der Waals surface area contributed by atoms with E-state index in [1.165, 1.54) is 48.5 Å². The molecule has 2 aromatic carbocycles. The minimum atomic E-state index is -4.96. The number of hydrogen-bond donors (Lipinski definition) is 0. The topological polar surface area (TPSA) is 86.7 Å². The van der Waals surface area contributed by atoms with Gasteiger partial charge in [0.15, 0.2) is 0 Å². The van der Waals surface area contributed by atoms with Crippen LogP contribution in [0.25, 0.3) is 0 Å². The van der Waals surface area contributed by atoms with E-state index < -0.39 is 18.3 Å². The predicted octanol–water partition coefficient (Wildman–Crippen LogP) is -1.16. The third kappa shape index (κ3) is 5.06. The van der Waals surface area contributed by atoms with Gasteiger partial charge in [-0.25, -0.2) is 0 Å². The van der Waals surface area contributed by atoms with Crippen LogP contribution in [0.4, 0.5) is 0 Å². The monoisotopic (exact) mass is 354 g/mol. The molecule has 6 nitrogen and oxygen atoms in total. The van der Waals surface area contributed by atoms with Crippen LogP contribution in [-0.4, -0.2) is 16.8 Å². The van der Waals surface area contributed by atoms with Crippen LogP contribution in [0, 0.1) is 0 Å². The van der Waals surface area contributed by atoms with Gasteiger partial charge in [0.1, 0.15) is 11.5 Å². The Bertz CT molecular complexity index is 709. The molecule has 9 heteroatoms. The Hall–Kier alpha value is -0.424. The molecule has 0 fully saturated rings. The molecule has 0 aromatic heterocycles. The smallest absolute Gasteiger partial charge is 1.00 e. The summed E-state index contributed by atoms with van der Waals surface area (Å²) in [4.78, 5) is 0. The van der Waals surface area contributed by atoms with Gasteiger partial charge in [0.2, 0.25) is 0 Å². The molecule has 0 spiro atoms. The van der Waals surface area contributed by atoms with Gasteiger partial charge in [0.25, 0.3) is 0 Å². The van der Waals surface area contributed by atoms with E-state index in [1.54, 1.807) is 12.1 Å². The fourth-order valence-corrected chi connectivity index (χ4v) is 3.10. The summed E-state index contributed by atoms with van der Waals surface area (Å²) in [7, 11) is -9.92. The average Bonchev–Trinajstić information content (AvgIpc) is 2.40.